The van der Waals surface area contributed by atoms with Crippen molar-refractivity contribution in [1.29, 1.82) is 0 Å². The fraction of sp³-hybridized carbons (Fsp3) is 0.814. The number of halogens is 1. The van der Waals surface area contributed by atoms with Crippen molar-refractivity contribution in [2.45, 2.75) is 155 Å². The Morgan fingerprint density at radius 3 is 1.36 bits per heavy atom. The number of nitrogens with two attached hydrogens (primary N) is 1. The van der Waals surface area contributed by atoms with E-state index in [1.807, 2.05) is 13.8 Å². The van der Waals surface area contributed by atoms with Crippen LogP contribution in [-0.2, 0) is 57.3 Å². The minimum atomic E-state index is -1.36. The van der Waals surface area contributed by atoms with Gasteiger partial charge in [-0.05, 0) is 25.7 Å². The van der Waals surface area contributed by atoms with Crippen molar-refractivity contribution >= 4 is 73.5 Å². The summed E-state index contributed by atoms with van der Waals surface area (Å²) in [5.74, 6) is -3.31. The number of amides is 4. The van der Waals surface area contributed by atoms with Crippen LogP contribution in [0.4, 0.5) is 4.39 Å². The standard InChI is InChI=1S/C37H66N4O13.C4H8FNOS.C2H6.H3NS/c42-22-19-38-34(45)29-53-27-26-52-24-21-40-35(46)30-54-28-25-51-23-20-39-32(43)18-17-31(37(49)50)41-33(44)15-13-11-9-7-5-3-1-2-4-6-8-10-12-14-16-36(47)48;1-2-3(6-8)4(5)7;2*1-2/h22,31H,1-21,23-30H2,(H,38,45)(H,39,43)(H,40,46)(H,41,44)(H,47,48)(H,49,50);3,6,8H,2H2,1H3;1-2H3;2H,1H2/t31-;;;/m0.../s1. The quantitative estimate of drug-likeness (QED) is 0.0180. The van der Waals surface area contributed by atoms with Crippen LogP contribution in [-0.4, -0.2) is 143 Å². The van der Waals surface area contributed by atoms with Crippen LogP contribution in [0.25, 0.3) is 0 Å². The minimum absolute atomic E-state index is 0.0265. The van der Waals surface area contributed by atoms with E-state index in [0.717, 1.165) is 38.5 Å². The average Bonchev–Trinajstić information content (AvgIpc) is 3.30. The van der Waals surface area contributed by atoms with E-state index in [1.165, 1.54) is 44.9 Å². The Morgan fingerprint density at radius 2 is 0.985 bits per heavy atom. The number of rotatable bonds is 43. The van der Waals surface area contributed by atoms with Crippen LogP contribution < -0.4 is 31.1 Å². The van der Waals surface area contributed by atoms with Gasteiger partial charge in [-0.3, -0.25) is 38.6 Å². The zero-order chi connectivity index (χ0) is 50.5. The molecule has 0 aliphatic rings. The molecule has 2 atom stereocenters. The minimum Gasteiger partial charge on any atom is -0.481 e. The third-order valence-corrected chi connectivity index (χ3v) is 9.22. The number of unbranched alkanes of at least 4 members (excludes halogenated alkanes) is 13. The maximum Gasteiger partial charge on any atom is 0.326 e. The Kier molecular flexibility index (Phi) is 58.5. The molecule has 23 heteroatoms. The van der Waals surface area contributed by atoms with E-state index in [1.54, 1.807) is 6.92 Å². The van der Waals surface area contributed by atoms with Crippen LogP contribution in [0.5, 0.6) is 0 Å². The van der Waals surface area contributed by atoms with E-state index in [4.69, 9.17) is 24.1 Å². The number of hydrogen-bond donors (Lipinski definition) is 10. The van der Waals surface area contributed by atoms with Crippen LogP contribution in [0, 0.1) is 0 Å². The topological polar surface area (TPSA) is 300 Å². The predicted octanol–water partition coefficient (Wildman–Crippen LogP) is 3.79. The summed E-state index contributed by atoms with van der Waals surface area (Å²) in [7, 11) is 0. The number of carboxylic acids is 2. The maximum atomic E-state index is 12.3. The van der Waals surface area contributed by atoms with Gasteiger partial charge in [-0.1, -0.05) is 111 Å². The zero-order valence-electron chi connectivity index (χ0n) is 39.6. The van der Waals surface area contributed by atoms with E-state index in [-0.39, 0.29) is 116 Å². The zero-order valence-corrected chi connectivity index (χ0v) is 41.4. The highest BCUT2D eigenvalue weighted by atomic mass is 32.1. The second-order valence-corrected chi connectivity index (χ2v) is 14.5. The monoisotopic (exact) mass is 991 g/mol. The molecule has 66 heavy (non-hydrogen) atoms. The highest BCUT2D eigenvalue weighted by Gasteiger charge is 2.21. The first kappa shape index (κ1) is 69.1. The van der Waals surface area contributed by atoms with Gasteiger partial charge in [-0.25, -0.2) is 4.79 Å². The Hall–Kier alpha value is -3.45. The lowest BCUT2D eigenvalue weighted by molar-refractivity contribution is -0.142. The molecule has 0 aromatic carbocycles. The maximum absolute atomic E-state index is 12.3. The van der Waals surface area contributed by atoms with Crippen LogP contribution >= 0.6 is 25.6 Å². The normalized spacial score (nSPS) is 11.1. The lowest BCUT2D eigenvalue weighted by Gasteiger charge is -2.14. The van der Waals surface area contributed by atoms with Gasteiger partial charge in [0.05, 0.1) is 46.2 Å². The number of carboxylic acid groups (broad SMARTS) is 2. The number of carbonyl (C=O) groups excluding carboxylic acids is 6. The molecular formula is C43H83FN6O14S2. The van der Waals surface area contributed by atoms with Crippen molar-refractivity contribution in [3.8, 4) is 0 Å². The molecule has 0 aromatic rings. The van der Waals surface area contributed by atoms with Gasteiger partial charge in [0, 0.05) is 32.4 Å². The lowest BCUT2D eigenvalue weighted by atomic mass is 10.0. The van der Waals surface area contributed by atoms with E-state index < -0.39 is 36.0 Å². The van der Waals surface area contributed by atoms with Gasteiger partial charge >= 0.3 is 18.0 Å². The summed E-state index contributed by atoms with van der Waals surface area (Å²) in [6.07, 6.45) is 16.5. The van der Waals surface area contributed by atoms with Gasteiger partial charge in [-0.15, -0.1) is 12.8 Å². The molecule has 0 rings (SSSR count). The molecule has 9 N–H and O–H groups in total. The molecule has 0 aromatic heterocycles. The second kappa shape index (κ2) is 55.9. The van der Waals surface area contributed by atoms with Gasteiger partial charge in [0.2, 0.25) is 23.6 Å². The van der Waals surface area contributed by atoms with Gasteiger partial charge in [0.1, 0.15) is 31.6 Å². The fourth-order valence-electron chi connectivity index (χ4n) is 5.43. The van der Waals surface area contributed by atoms with Crippen LogP contribution in [0.1, 0.15) is 143 Å². The van der Waals surface area contributed by atoms with E-state index in [0.29, 0.717) is 19.1 Å². The number of thiol groups is 2. The SMILES string of the molecule is CC.CCC(NS)C(=O)F.NS.O=CCNC(=O)COCCOCCNC(=O)COCCOCCNC(=O)CC[C@H](NC(=O)CCCCCCCCCCCCCCCCC(=O)O)C(=O)O. The molecule has 0 fully saturated rings. The molecule has 0 heterocycles. The van der Waals surface area contributed by atoms with Crippen LogP contribution in [0.2, 0.25) is 0 Å². The molecule has 0 saturated carbocycles. The van der Waals surface area contributed by atoms with Crippen molar-refractivity contribution in [2.24, 2.45) is 5.14 Å². The van der Waals surface area contributed by atoms with Gasteiger partial charge in [0.25, 0.3) is 0 Å². The number of aldehydes is 1. The molecule has 388 valence electrons. The largest absolute Gasteiger partial charge is 0.481 e. The van der Waals surface area contributed by atoms with E-state index in [2.05, 4.69) is 56.8 Å². The summed E-state index contributed by atoms with van der Waals surface area (Å²) in [4.78, 5) is 89.5. The van der Waals surface area contributed by atoms with Crippen LogP contribution in [0.15, 0.2) is 0 Å². The molecular weight excluding hydrogens is 908 g/mol. The Morgan fingerprint density at radius 1 is 0.576 bits per heavy atom. The van der Waals surface area contributed by atoms with E-state index in [9.17, 15) is 47.9 Å². The third kappa shape index (κ3) is 54.9. The highest BCUT2D eigenvalue weighted by Crippen LogP contribution is 2.14. The third-order valence-electron chi connectivity index (χ3n) is 8.91. The summed E-state index contributed by atoms with van der Waals surface area (Å²) < 4.78 is 34.8. The first-order valence-corrected chi connectivity index (χ1v) is 24.0. The van der Waals surface area contributed by atoms with Crippen molar-refractivity contribution in [3.05, 3.63) is 0 Å². The summed E-state index contributed by atoms with van der Waals surface area (Å²) in [6.45, 7) is 7.02. The van der Waals surface area contributed by atoms with Gasteiger partial charge < -0.3 is 55.2 Å². The molecule has 1 unspecified atom stereocenters. The first-order chi connectivity index (χ1) is 31.9. The predicted molar refractivity (Wildman–Crippen MR) is 256 cm³/mol. The number of hydrogen-bond acceptors (Lipinski definition) is 16. The Balaban J connectivity index is -0.00000142. The second-order valence-electron chi connectivity index (χ2n) is 14.2. The molecule has 0 radical (unpaired) electrons. The first-order valence-electron chi connectivity index (χ1n) is 23.0. The molecule has 0 aliphatic heterocycles. The summed E-state index contributed by atoms with van der Waals surface area (Å²) in [5.41, 5.74) is 0. The number of nitrogens with one attached hydrogen (secondary N) is 5. The van der Waals surface area contributed by atoms with Crippen molar-refractivity contribution in [3.63, 3.8) is 0 Å². The Labute approximate surface area is 402 Å². The molecule has 0 bridgehead atoms. The number of ether oxygens (including phenoxy) is 4. The number of aliphatic carboxylic acids is 2. The summed E-state index contributed by atoms with van der Waals surface area (Å²) >= 11 is 6.55. The molecule has 20 nitrogen and oxygen atoms in total. The smallest absolute Gasteiger partial charge is 0.326 e. The molecule has 0 spiro atoms. The van der Waals surface area contributed by atoms with Gasteiger partial charge in [0.15, 0.2) is 0 Å². The van der Waals surface area contributed by atoms with Crippen molar-refractivity contribution in [2.75, 3.05) is 72.5 Å². The molecule has 4 amide bonds. The van der Waals surface area contributed by atoms with Crippen molar-refractivity contribution in [1.82, 2.24) is 26.0 Å². The number of carbonyl (C=O) groups is 8. The summed E-state index contributed by atoms with van der Waals surface area (Å²) in [5, 5.41) is 32.4. The molecule has 0 saturated heterocycles. The highest BCUT2D eigenvalue weighted by molar-refractivity contribution is 7.78. The van der Waals surface area contributed by atoms with E-state index >= 15 is 0 Å². The average molecular weight is 991 g/mol. The summed E-state index contributed by atoms with van der Waals surface area (Å²) in [6, 6.07) is -3.24. The van der Waals surface area contributed by atoms with Crippen LogP contribution in [0.3, 0.4) is 0 Å². The fourth-order valence-corrected chi connectivity index (χ4v) is 5.71. The molecule has 0 aliphatic carbocycles. The van der Waals surface area contributed by atoms with Crippen molar-refractivity contribution < 1.29 is 71.9 Å². The lowest BCUT2D eigenvalue weighted by Crippen LogP contribution is -2.41. The Bertz CT molecular complexity index is 1230. The van der Waals surface area contributed by atoms with Gasteiger partial charge in [-0.2, -0.15) is 4.39 Å².